The van der Waals surface area contributed by atoms with Gasteiger partial charge in [-0.1, -0.05) is 4.49 Å². The van der Waals surface area contributed by atoms with Gasteiger partial charge in [0.05, 0.1) is 4.70 Å². The predicted octanol–water partition coefficient (Wildman–Crippen LogP) is 0.0158. The van der Waals surface area contributed by atoms with Crippen molar-refractivity contribution in [1.82, 2.24) is 9.59 Å². The van der Waals surface area contributed by atoms with E-state index in [1.54, 1.807) is 12.1 Å². The summed E-state index contributed by atoms with van der Waals surface area (Å²) in [4.78, 5) is 22.3. The number of amides is 1. The summed E-state index contributed by atoms with van der Waals surface area (Å²) in [5.41, 5.74) is 1.31. The molecule has 0 bridgehead atoms. The van der Waals surface area contributed by atoms with E-state index in [4.69, 9.17) is 0 Å². The molecule has 1 saturated carbocycles. The van der Waals surface area contributed by atoms with Crippen LogP contribution in [0.1, 0.15) is 6.42 Å². The number of carbonyl (C=O) groups is 2. The average Bonchev–Trinajstić information content (AvgIpc) is 3.02. The number of aliphatic carboxylic acids is 1. The van der Waals surface area contributed by atoms with Crippen LogP contribution in [0.25, 0.3) is 10.2 Å². The fourth-order valence-electron chi connectivity index (χ4n) is 1.84. The van der Waals surface area contributed by atoms with E-state index < -0.39 is 17.8 Å². The van der Waals surface area contributed by atoms with Crippen molar-refractivity contribution in [1.29, 1.82) is 0 Å². The van der Waals surface area contributed by atoms with Gasteiger partial charge < -0.3 is 15.2 Å². The highest BCUT2D eigenvalue weighted by atomic mass is 32.1. The number of hydrogen-bond donors (Lipinski definition) is 1. The lowest BCUT2D eigenvalue weighted by atomic mass is 10.2. The molecule has 18 heavy (non-hydrogen) atoms. The largest absolute Gasteiger partial charge is 0.550 e. The van der Waals surface area contributed by atoms with E-state index in [0.29, 0.717) is 17.6 Å². The zero-order valence-electron chi connectivity index (χ0n) is 9.12. The van der Waals surface area contributed by atoms with Gasteiger partial charge in [0.2, 0.25) is 5.91 Å². The van der Waals surface area contributed by atoms with Crippen LogP contribution in [-0.4, -0.2) is 21.5 Å². The molecule has 1 heterocycles. The van der Waals surface area contributed by atoms with Gasteiger partial charge in [0.1, 0.15) is 5.52 Å². The Labute approximate surface area is 106 Å². The SMILES string of the molecule is O=C([O-])[C@H]1C[C@@H]1C(=O)Nc1ccc2snnc2c1. The first-order valence-corrected chi connectivity index (χ1v) is 6.16. The van der Waals surface area contributed by atoms with Gasteiger partial charge in [-0.05, 0) is 36.2 Å². The second kappa shape index (κ2) is 4.02. The van der Waals surface area contributed by atoms with E-state index in [2.05, 4.69) is 14.9 Å². The van der Waals surface area contributed by atoms with Crippen LogP contribution in [0.2, 0.25) is 0 Å². The van der Waals surface area contributed by atoms with Gasteiger partial charge in [0, 0.05) is 23.5 Å². The number of benzene rings is 1. The summed E-state index contributed by atoms with van der Waals surface area (Å²) >= 11 is 1.28. The van der Waals surface area contributed by atoms with Crippen molar-refractivity contribution in [2.45, 2.75) is 6.42 Å². The molecule has 1 aliphatic carbocycles. The molecule has 0 spiro atoms. The highest BCUT2D eigenvalue weighted by molar-refractivity contribution is 7.12. The van der Waals surface area contributed by atoms with Crippen molar-refractivity contribution in [3.8, 4) is 0 Å². The van der Waals surface area contributed by atoms with Gasteiger partial charge in [-0.15, -0.1) is 5.10 Å². The molecule has 1 aliphatic rings. The first-order chi connectivity index (χ1) is 8.65. The van der Waals surface area contributed by atoms with Crippen LogP contribution >= 0.6 is 11.5 Å². The number of carboxylic acid groups (broad SMARTS) is 1. The number of carboxylic acids is 1. The van der Waals surface area contributed by atoms with E-state index in [1.165, 1.54) is 11.5 Å². The van der Waals surface area contributed by atoms with Crippen molar-refractivity contribution in [3.05, 3.63) is 18.2 Å². The van der Waals surface area contributed by atoms with Crippen LogP contribution < -0.4 is 10.4 Å². The fraction of sp³-hybridized carbons (Fsp3) is 0.273. The first kappa shape index (κ1) is 11.1. The second-order valence-corrected chi connectivity index (χ2v) is 5.00. The first-order valence-electron chi connectivity index (χ1n) is 5.39. The average molecular weight is 262 g/mol. The maximum Gasteiger partial charge on any atom is 0.228 e. The maximum absolute atomic E-state index is 11.7. The molecule has 0 radical (unpaired) electrons. The molecule has 2 aromatic rings. The molecule has 92 valence electrons. The smallest absolute Gasteiger partial charge is 0.228 e. The Morgan fingerprint density at radius 3 is 2.94 bits per heavy atom. The number of anilines is 1. The summed E-state index contributed by atoms with van der Waals surface area (Å²) in [5.74, 6) is -2.56. The molecule has 7 heteroatoms. The van der Waals surface area contributed by atoms with Crippen LogP contribution in [0.4, 0.5) is 5.69 Å². The van der Waals surface area contributed by atoms with Gasteiger partial charge in [-0.3, -0.25) is 4.79 Å². The normalized spacial score (nSPS) is 21.8. The summed E-state index contributed by atoms with van der Waals surface area (Å²) in [7, 11) is 0. The van der Waals surface area contributed by atoms with Crippen LogP contribution in [0.3, 0.4) is 0 Å². The molecule has 1 fully saturated rings. The van der Waals surface area contributed by atoms with E-state index >= 15 is 0 Å². The Kier molecular flexibility index (Phi) is 2.48. The number of carbonyl (C=O) groups excluding carboxylic acids is 2. The number of hydrogen-bond acceptors (Lipinski definition) is 6. The van der Waals surface area contributed by atoms with Crippen LogP contribution in [-0.2, 0) is 9.59 Å². The van der Waals surface area contributed by atoms with E-state index in [-0.39, 0.29) is 5.91 Å². The van der Waals surface area contributed by atoms with E-state index in [0.717, 1.165) is 4.70 Å². The molecule has 1 aromatic heterocycles. The number of nitrogens with one attached hydrogen (secondary N) is 1. The fourth-order valence-corrected chi connectivity index (χ4v) is 2.38. The number of aromatic nitrogens is 2. The second-order valence-electron chi connectivity index (χ2n) is 4.21. The van der Waals surface area contributed by atoms with Crippen molar-refractivity contribution < 1.29 is 14.7 Å². The molecular formula is C11H8N3O3S-. The van der Waals surface area contributed by atoms with E-state index in [9.17, 15) is 14.7 Å². The molecule has 0 saturated heterocycles. The van der Waals surface area contributed by atoms with Gasteiger partial charge in [0.25, 0.3) is 0 Å². The van der Waals surface area contributed by atoms with Gasteiger partial charge in [-0.2, -0.15) is 0 Å². The zero-order chi connectivity index (χ0) is 12.7. The molecule has 6 nitrogen and oxygen atoms in total. The van der Waals surface area contributed by atoms with Crippen LogP contribution in [0.15, 0.2) is 18.2 Å². The molecule has 3 rings (SSSR count). The van der Waals surface area contributed by atoms with Crippen LogP contribution in [0.5, 0.6) is 0 Å². The number of rotatable bonds is 3. The standard InChI is InChI=1S/C11H9N3O3S/c15-10(6-4-7(6)11(16)17)12-5-1-2-9-8(3-5)13-14-18-9/h1-3,6-7H,4H2,(H,12,15)(H,16,17)/p-1/t6-,7-/m0/s1. The van der Waals surface area contributed by atoms with Gasteiger partial charge >= 0.3 is 0 Å². The maximum atomic E-state index is 11.7. The molecule has 0 unspecified atom stereocenters. The topological polar surface area (TPSA) is 95.0 Å². The van der Waals surface area contributed by atoms with Crippen molar-refractivity contribution >= 4 is 39.3 Å². The summed E-state index contributed by atoms with van der Waals surface area (Å²) in [6.07, 6.45) is 0.356. The third kappa shape index (κ3) is 1.92. The Bertz CT molecular complexity index is 639. The molecular weight excluding hydrogens is 254 g/mol. The summed E-state index contributed by atoms with van der Waals surface area (Å²) in [5, 5.41) is 17.1. The highest BCUT2D eigenvalue weighted by Crippen LogP contribution is 2.38. The Balaban J connectivity index is 1.72. The minimum Gasteiger partial charge on any atom is -0.550 e. The molecule has 2 atom stereocenters. The predicted molar refractivity (Wildman–Crippen MR) is 62.6 cm³/mol. The molecule has 1 N–H and O–H groups in total. The lowest BCUT2D eigenvalue weighted by molar-refractivity contribution is -0.308. The Hall–Kier alpha value is -2.02. The summed E-state index contributed by atoms with van der Waals surface area (Å²) < 4.78 is 4.73. The number of nitrogens with zero attached hydrogens (tertiary/aromatic N) is 2. The van der Waals surface area contributed by atoms with Crippen LogP contribution in [0, 0.1) is 11.8 Å². The minimum atomic E-state index is -1.16. The monoisotopic (exact) mass is 262 g/mol. The Morgan fingerprint density at radius 2 is 2.22 bits per heavy atom. The molecule has 1 amide bonds. The molecule has 0 aliphatic heterocycles. The van der Waals surface area contributed by atoms with Crippen molar-refractivity contribution in [3.63, 3.8) is 0 Å². The quantitative estimate of drug-likeness (QED) is 0.841. The third-order valence-corrected chi connectivity index (χ3v) is 3.65. The van der Waals surface area contributed by atoms with Crippen molar-refractivity contribution in [2.75, 3.05) is 5.32 Å². The highest BCUT2D eigenvalue weighted by Gasteiger charge is 2.43. The minimum absolute atomic E-state index is 0.285. The lowest BCUT2D eigenvalue weighted by Crippen LogP contribution is -2.27. The van der Waals surface area contributed by atoms with Gasteiger partial charge in [0.15, 0.2) is 0 Å². The lowest BCUT2D eigenvalue weighted by Gasteiger charge is -2.04. The zero-order valence-corrected chi connectivity index (χ0v) is 9.94. The summed E-state index contributed by atoms with van der Waals surface area (Å²) in [6, 6.07) is 5.28. The van der Waals surface area contributed by atoms with Crippen molar-refractivity contribution in [2.24, 2.45) is 11.8 Å². The third-order valence-electron chi connectivity index (χ3n) is 2.94. The molecule has 1 aromatic carbocycles. The summed E-state index contributed by atoms with van der Waals surface area (Å²) in [6.45, 7) is 0. The van der Waals surface area contributed by atoms with Gasteiger partial charge in [-0.25, -0.2) is 0 Å². The Morgan fingerprint density at radius 1 is 1.39 bits per heavy atom. The van der Waals surface area contributed by atoms with E-state index in [1.807, 2.05) is 6.07 Å². The number of fused-ring (bicyclic) bond motifs is 1.